The monoisotopic (exact) mass is 220 g/mol. The predicted octanol–water partition coefficient (Wildman–Crippen LogP) is 2.19. The molecule has 16 heavy (non-hydrogen) atoms. The standard InChI is InChI=1S/C12H20N4/c13-16-11(12-14-8-9-15-12)10-6-4-2-1-3-5-7-10/h6,8-9,11,16H,1-5,7,13H2,(H,14,15)/b10-6+. The van der Waals surface area contributed by atoms with Crippen molar-refractivity contribution in [2.24, 2.45) is 5.84 Å². The quantitative estimate of drug-likeness (QED) is 0.415. The number of nitrogens with zero attached hydrogens (tertiary/aromatic N) is 1. The highest BCUT2D eigenvalue weighted by Gasteiger charge is 2.17. The maximum atomic E-state index is 5.63. The van der Waals surface area contributed by atoms with E-state index in [1.165, 1.54) is 31.3 Å². The zero-order chi connectivity index (χ0) is 11.2. The number of aromatic nitrogens is 2. The van der Waals surface area contributed by atoms with Gasteiger partial charge in [0, 0.05) is 12.4 Å². The molecule has 1 aromatic heterocycles. The normalized spacial score (nSPS) is 22.9. The Morgan fingerprint density at radius 3 is 2.94 bits per heavy atom. The maximum Gasteiger partial charge on any atom is 0.128 e. The van der Waals surface area contributed by atoms with Crippen molar-refractivity contribution >= 4 is 0 Å². The van der Waals surface area contributed by atoms with Gasteiger partial charge in [0.05, 0.1) is 6.04 Å². The van der Waals surface area contributed by atoms with Crippen LogP contribution in [0.25, 0.3) is 0 Å². The van der Waals surface area contributed by atoms with Crippen molar-refractivity contribution in [2.45, 2.75) is 44.6 Å². The second kappa shape index (κ2) is 5.82. The third-order valence-electron chi connectivity index (χ3n) is 3.16. The van der Waals surface area contributed by atoms with E-state index in [9.17, 15) is 0 Å². The van der Waals surface area contributed by atoms with E-state index < -0.39 is 0 Å². The Bertz CT molecular complexity index is 329. The van der Waals surface area contributed by atoms with Crippen molar-refractivity contribution in [1.82, 2.24) is 15.4 Å². The number of H-pyrrole nitrogens is 1. The average molecular weight is 220 g/mol. The first kappa shape index (κ1) is 11.4. The molecule has 0 saturated heterocycles. The average Bonchev–Trinajstić information content (AvgIpc) is 2.75. The Kier molecular flexibility index (Phi) is 4.13. The van der Waals surface area contributed by atoms with Crippen molar-refractivity contribution in [3.63, 3.8) is 0 Å². The lowest BCUT2D eigenvalue weighted by molar-refractivity contribution is 0.540. The van der Waals surface area contributed by atoms with E-state index in [4.69, 9.17) is 5.84 Å². The number of rotatable bonds is 3. The van der Waals surface area contributed by atoms with Gasteiger partial charge in [0.15, 0.2) is 0 Å². The number of aromatic amines is 1. The highest BCUT2D eigenvalue weighted by atomic mass is 15.2. The smallest absolute Gasteiger partial charge is 0.128 e. The van der Waals surface area contributed by atoms with E-state index in [1.807, 2.05) is 6.20 Å². The van der Waals surface area contributed by atoms with Crippen molar-refractivity contribution in [2.75, 3.05) is 0 Å². The number of nitrogens with two attached hydrogens (primary N) is 1. The van der Waals surface area contributed by atoms with Crippen LogP contribution in [0.2, 0.25) is 0 Å². The van der Waals surface area contributed by atoms with Crippen LogP contribution >= 0.6 is 0 Å². The molecule has 0 aromatic carbocycles. The number of allylic oxidation sites excluding steroid dienone is 1. The van der Waals surface area contributed by atoms with E-state index in [0.717, 1.165) is 18.7 Å². The van der Waals surface area contributed by atoms with Crippen LogP contribution in [0.4, 0.5) is 0 Å². The van der Waals surface area contributed by atoms with Crippen molar-refractivity contribution in [1.29, 1.82) is 0 Å². The molecule has 0 saturated carbocycles. The minimum Gasteiger partial charge on any atom is -0.347 e. The van der Waals surface area contributed by atoms with Gasteiger partial charge in [0.1, 0.15) is 5.82 Å². The highest BCUT2D eigenvalue weighted by Crippen LogP contribution is 2.26. The van der Waals surface area contributed by atoms with Crippen LogP contribution in [0.1, 0.15) is 50.4 Å². The lowest BCUT2D eigenvalue weighted by Crippen LogP contribution is -2.30. The topological polar surface area (TPSA) is 66.7 Å². The number of nitrogens with one attached hydrogen (secondary N) is 2. The van der Waals surface area contributed by atoms with Crippen LogP contribution in [0, 0.1) is 0 Å². The van der Waals surface area contributed by atoms with Gasteiger partial charge in [-0.3, -0.25) is 5.84 Å². The molecule has 1 aromatic rings. The zero-order valence-electron chi connectivity index (χ0n) is 9.58. The molecule has 4 N–H and O–H groups in total. The molecule has 4 nitrogen and oxygen atoms in total. The van der Waals surface area contributed by atoms with E-state index in [-0.39, 0.29) is 6.04 Å². The molecule has 0 aliphatic heterocycles. The van der Waals surface area contributed by atoms with Gasteiger partial charge in [-0.2, -0.15) is 0 Å². The van der Waals surface area contributed by atoms with Crippen LogP contribution in [-0.2, 0) is 0 Å². The Hall–Kier alpha value is -1.13. The summed E-state index contributed by atoms with van der Waals surface area (Å²) in [6.45, 7) is 0. The number of hydrogen-bond acceptors (Lipinski definition) is 3. The molecular weight excluding hydrogens is 200 g/mol. The Balaban J connectivity index is 2.12. The number of imidazole rings is 1. The number of hydrogen-bond donors (Lipinski definition) is 3. The van der Waals surface area contributed by atoms with Gasteiger partial charge in [0.25, 0.3) is 0 Å². The summed E-state index contributed by atoms with van der Waals surface area (Å²) in [4.78, 5) is 7.40. The van der Waals surface area contributed by atoms with Gasteiger partial charge in [-0.25, -0.2) is 10.4 Å². The summed E-state index contributed by atoms with van der Waals surface area (Å²) < 4.78 is 0. The summed E-state index contributed by atoms with van der Waals surface area (Å²) in [7, 11) is 0. The molecule has 1 atom stereocenters. The second-order valence-electron chi connectivity index (χ2n) is 4.31. The molecule has 0 radical (unpaired) electrons. The molecule has 4 heteroatoms. The fourth-order valence-electron chi connectivity index (χ4n) is 2.28. The summed E-state index contributed by atoms with van der Waals surface area (Å²) in [5, 5.41) is 0. The maximum absolute atomic E-state index is 5.63. The Morgan fingerprint density at radius 1 is 1.31 bits per heavy atom. The molecule has 0 spiro atoms. The second-order valence-corrected chi connectivity index (χ2v) is 4.31. The third-order valence-corrected chi connectivity index (χ3v) is 3.16. The van der Waals surface area contributed by atoms with Gasteiger partial charge in [0.2, 0.25) is 0 Å². The van der Waals surface area contributed by atoms with Crippen LogP contribution in [0.3, 0.4) is 0 Å². The highest BCUT2D eigenvalue weighted by molar-refractivity contribution is 5.18. The molecular formula is C12H20N4. The van der Waals surface area contributed by atoms with E-state index in [0.29, 0.717) is 0 Å². The first-order chi connectivity index (χ1) is 7.92. The fourth-order valence-corrected chi connectivity index (χ4v) is 2.28. The van der Waals surface area contributed by atoms with E-state index >= 15 is 0 Å². The molecule has 1 aliphatic carbocycles. The Morgan fingerprint density at radius 2 is 2.19 bits per heavy atom. The van der Waals surface area contributed by atoms with Crippen molar-refractivity contribution < 1.29 is 0 Å². The SMILES string of the molecule is NNC(/C1=C/CCCCCC1)c1ncc[nH]1. The summed E-state index contributed by atoms with van der Waals surface area (Å²) in [5.74, 6) is 6.55. The molecule has 1 heterocycles. The molecule has 1 unspecified atom stereocenters. The van der Waals surface area contributed by atoms with Crippen LogP contribution in [0.5, 0.6) is 0 Å². The first-order valence-electron chi connectivity index (χ1n) is 6.06. The molecule has 88 valence electrons. The van der Waals surface area contributed by atoms with E-state index in [1.54, 1.807) is 6.20 Å². The summed E-state index contributed by atoms with van der Waals surface area (Å²) in [6.07, 6.45) is 13.4. The van der Waals surface area contributed by atoms with Crippen LogP contribution in [0.15, 0.2) is 24.0 Å². The molecule has 2 rings (SSSR count). The molecule has 0 bridgehead atoms. The molecule has 1 aliphatic rings. The minimum absolute atomic E-state index is 0.0492. The van der Waals surface area contributed by atoms with Gasteiger partial charge < -0.3 is 4.98 Å². The third kappa shape index (κ3) is 2.71. The van der Waals surface area contributed by atoms with Crippen molar-refractivity contribution in [3.05, 3.63) is 29.9 Å². The largest absolute Gasteiger partial charge is 0.347 e. The predicted molar refractivity (Wildman–Crippen MR) is 64.4 cm³/mol. The molecule has 0 amide bonds. The first-order valence-corrected chi connectivity index (χ1v) is 6.06. The number of hydrazine groups is 1. The lowest BCUT2D eigenvalue weighted by Gasteiger charge is -2.19. The summed E-state index contributed by atoms with van der Waals surface area (Å²) >= 11 is 0. The van der Waals surface area contributed by atoms with Crippen LogP contribution < -0.4 is 11.3 Å². The van der Waals surface area contributed by atoms with E-state index in [2.05, 4.69) is 21.5 Å². The zero-order valence-corrected chi connectivity index (χ0v) is 9.58. The summed E-state index contributed by atoms with van der Waals surface area (Å²) in [5.41, 5.74) is 4.23. The fraction of sp³-hybridized carbons (Fsp3) is 0.583. The van der Waals surface area contributed by atoms with Gasteiger partial charge in [-0.1, -0.05) is 18.9 Å². The minimum atomic E-state index is 0.0492. The molecule has 0 fully saturated rings. The Labute approximate surface area is 96.3 Å². The summed E-state index contributed by atoms with van der Waals surface area (Å²) in [6, 6.07) is 0.0492. The van der Waals surface area contributed by atoms with Crippen molar-refractivity contribution in [3.8, 4) is 0 Å². The van der Waals surface area contributed by atoms with Crippen LogP contribution in [-0.4, -0.2) is 9.97 Å². The lowest BCUT2D eigenvalue weighted by atomic mass is 9.95. The van der Waals surface area contributed by atoms with Gasteiger partial charge in [-0.15, -0.1) is 0 Å². The van der Waals surface area contributed by atoms with Gasteiger partial charge in [-0.05, 0) is 31.3 Å². The van der Waals surface area contributed by atoms with Gasteiger partial charge >= 0.3 is 0 Å².